The third-order valence-corrected chi connectivity index (χ3v) is 5.18. The predicted molar refractivity (Wildman–Crippen MR) is 107 cm³/mol. The van der Waals surface area contributed by atoms with Crippen molar-refractivity contribution < 1.29 is 9.72 Å². The van der Waals surface area contributed by atoms with Crippen molar-refractivity contribution in [1.29, 1.82) is 0 Å². The van der Waals surface area contributed by atoms with Crippen LogP contribution in [0.2, 0.25) is 0 Å². The summed E-state index contributed by atoms with van der Waals surface area (Å²) in [6, 6.07) is 13.4. The molecule has 1 amide bonds. The van der Waals surface area contributed by atoms with Gasteiger partial charge in [-0.15, -0.1) is 10.2 Å². The monoisotopic (exact) mass is 447 g/mol. The van der Waals surface area contributed by atoms with Crippen molar-refractivity contribution >= 4 is 45.0 Å². The molecule has 10 heteroatoms. The van der Waals surface area contributed by atoms with E-state index in [2.05, 4.69) is 31.4 Å². The minimum atomic E-state index is -0.488. The third kappa shape index (κ3) is 4.72. The second-order valence-corrected chi connectivity index (χ2v) is 7.37. The molecular weight excluding hydrogens is 434 g/mol. The zero-order valence-electron chi connectivity index (χ0n) is 14.1. The van der Waals surface area contributed by atoms with Crippen molar-refractivity contribution in [2.75, 3.05) is 11.1 Å². The second-order valence-electron chi connectivity index (χ2n) is 5.51. The van der Waals surface area contributed by atoms with Gasteiger partial charge in [-0.05, 0) is 24.3 Å². The largest absolute Gasteiger partial charge is 0.325 e. The lowest BCUT2D eigenvalue weighted by atomic mass is 10.2. The summed E-state index contributed by atoms with van der Waals surface area (Å²) in [5.41, 5.74) is 1.40. The highest BCUT2D eigenvalue weighted by Gasteiger charge is 2.13. The molecule has 0 atom stereocenters. The number of amides is 1. The molecule has 1 N–H and O–H groups in total. The maximum absolute atomic E-state index is 12.1. The van der Waals surface area contributed by atoms with E-state index in [4.69, 9.17) is 0 Å². The van der Waals surface area contributed by atoms with Crippen LogP contribution in [0.4, 0.5) is 11.4 Å². The number of nitrogens with one attached hydrogen (secondary N) is 1. The fourth-order valence-corrected chi connectivity index (χ4v) is 3.26. The van der Waals surface area contributed by atoms with Crippen molar-refractivity contribution in [3.05, 3.63) is 63.1 Å². The molecule has 0 unspecified atom stereocenters. The Kier molecular flexibility index (Phi) is 5.87. The average molecular weight is 448 g/mol. The van der Waals surface area contributed by atoms with Crippen LogP contribution >= 0.6 is 27.7 Å². The third-order valence-electron chi connectivity index (χ3n) is 3.63. The van der Waals surface area contributed by atoms with Gasteiger partial charge in [0.25, 0.3) is 5.69 Å². The van der Waals surface area contributed by atoms with E-state index in [1.807, 2.05) is 35.9 Å². The van der Waals surface area contributed by atoms with Crippen LogP contribution in [0.3, 0.4) is 0 Å². The lowest BCUT2D eigenvalue weighted by molar-refractivity contribution is -0.384. The topological polar surface area (TPSA) is 103 Å². The SMILES string of the molecule is Cn1c(SCC(=O)Nc2ccc([N+](=O)[O-])cc2)nnc1-c1ccc(Br)cc1. The molecule has 0 aliphatic heterocycles. The zero-order valence-corrected chi connectivity index (χ0v) is 16.5. The number of nitro benzene ring substituents is 1. The minimum Gasteiger partial charge on any atom is -0.325 e. The Bertz CT molecular complexity index is 973. The van der Waals surface area contributed by atoms with E-state index in [1.165, 1.54) is 36.0 Å². The van der Waals surface area contributed by atoms with Crippen LogP contribution in [0.15, 0.2) is 58.2 Å². The van der Waals surface area contributed by atoms with Crippen molar-refractivity contribution in [2.45, 2.75) is 5.16 Å². The number of hydrogen-bond donors (Lipinski definition) is 1. The summed E-state index contributed by atoms with van der Waals surface area (Å²) < 4.78 is 2.80. The maximum Gasteiger partial charge on any atom is 0.269 e. The van der Waals surface area contributed by atoms with E-state index in [0.717, 1.165) is 10.0 Å². The first-order chi connectivity index (χ1) is 12.9. The first kappa shape index (κ1) is 19.1. The molecule has 2 aromatic carbocycles. The molecule has 27 heavy (non-hydrogen) atoms. The van der Waals surface area contributed by atoms with E-state index in [0.29, 0.717) is 16.7 Å². The number of non-ortho nitro benzene ring substituents is 1. The lowest BCUT2D eigenvalue weighted by Crippen LogP contribution is -2.14. The van der Waals surface area contributed by atoms with Gasteiger partial charge in [0.05, 0.1) is 10.7 Å². The molecule has 1 heterocycles. The molecule has 0 aliphatic rings. The molecule has 0 saturated carbocycles. The summed E-state index contributed by atoms with van der Waals surface area (Å²) in [7, 11) is 1.84. The van der Waals surface area contributed by atoms with Gasteiger partial charge in [0.2, 0.25) is 5.91 Å². The average Bonchev–Trinajstić information content (AvgIpc) is 3.02. The van der Waals surface area contributed by atoms with Gasteiger partial charge in [0.15, 0.2) is 11.0 Å². The highest BCUT2D eigenvalue weighted by molar-refractivity contribution is 9.10. The summed E-state index contributed by atoms with van der Waals surface area (Å²) in [6.07, 6.45) is 0. The molecule has 0 spiro atoms. The predicted octanol–water partition coefficient (Wildman–Crippen LogP) is 3.88. The van der Waals surface area contributed by atoms with Gasteiger partial charge in [0.1, 0.15) is 0 Å². The molecular formula is C17H14BrN5O3S. The van der Waals surface area contributed by atoms with Gasteiger partial charge in [-0.3, -0.25) is 14.9 Å². The number of aromatic nitrogens is 3. The number of carbonyl (C=O) groups excluding carboxylic acids is 1. The number of thioether (sulfide) groups is 1. The maximum atomic E-state index is 12.1. The number of nitrogens with zero attached hydrogens (tertiary/aromatic N) is 4. The van der Waals surface area contributed by atoms with Gasteiger partial charge in [-0.25, -0.2) is 0 Å². The van der Waals surface area contributed by atoms with E-state index in [-0.39, 0.29) is 17.3 Å². The number of nitro groups is 1. The number of benzene rings is 2. The first-order valence-corrected chi connectivity index (χ1v) is 9.54. The molecule has 1 aromatic heterocycles. The summed E-state index contributed by atoms with van der Waals surface area (Å²) in [6.45, 7) is 0. The number of rotatable bonds is 6. The molecule has 0 saturated heterocycles. The quantitative estimate of drug-likeness (QED) is 0.349. The van der Waals surface area contributed by atoms with Crippen molar-refractivity contribution in [2.24, 2.45) is 7.05 Å². The van der Waals surface area contributed by atoms with E-state index < -0.39 is 4.92 Å². The Labute approximate surface area is 167 Å². The Hall–Kier alpha value is -2.72. The van der Waals surface area contributed by atoms with E-state index >= 15 is 0 Å². The van der Waals surface area contributed by atoms with E-state index in [1.54, 1.807) is 0 Å². The summed E-state index contributed by atoms with van der Waals surface area (Å²) in [4.78, 5) is 22.3. The fraction of sp³-hybridized carbons (Fsp3) is 0.118. The van der Waals surface area contributed by atoms with Crippen LogP contribution in [0.5, 0.6) is 0 Å². The van der Waals surface area contributed by atoms with Crippen LogP contribution in [-0.4, -0.2) is 31.3 Å². The van der Waals surface area contributed by atoms with Crippen molar-refractivity contribution in [1.82, 2.24) is 14.8 Å². The number of carbonyl (C=O) groups is 1. The smallest absolute Gasteiger partial charge is 0.269 e. The molecule has 0 aliphatic carbocycles. The second kappa shape index (κ2) is 8.31. The molecule has 8 nitrogen and oxygen atoms in total. The Morgan fingerprint density at radius 2 is 1.85 bits per heavy atom. The highest BCUT2D eigenvalue weighted by Crippen LogP contribution is 2.24. The van der Waals surface area contributed by atoms with Gasteiger partial charge < -0.3 is 9.88 Å². The summed E-state index contributed by atoms with van der Waals surface area (Å²) in [5, 5.41) is 22.3. The standard InChI is InChI=1S/C17H14BrN5O3S/c1-22-16(11-2-4-12(18)5-3-11)20-21-17(22)27-10-15(24)19-13-6-8-14(9-7-13)23(25)26/h2-9H,10H2,1H3,(H,19,24). The van der Waals surface area contributed by atoms with Crippen molar-refractivity contribution in [3.8, 4) is 11.4 Å². The number of hydrogen-bond acceptors (Lipinski definition) is 6. The molecule has 3 aromatic rings. The van der Waals surface area contributed by atoms with Gasteiger partial charge >= 0.3 is 0 Å². The van der Waals surface area contributed by atoms with Crippen LogP contribution in [0.1, 0.15) is 0 Å². The number of anilines is 1. The molecule has 138 valence electrons. The number of halogens is 1. The molecule has 0 bridgehead atoms. The Morgan fingerprint density at radius 3 is 2.48 bits per heavy atom. The first-order valence-electron chi connectivity index (χ1n) is 7.76. The van der Waals surface area contributed by atoms with E-state index in [9.17, 15) is 14.9 Å². The van der Waals surface area contributed by atoms with Crippen LogP contribution in [0.25, 0.3) is 11.4 Å². The molecule has 3 rings (SSSR count). The Morgan fingerprint density at radius 1 is 1.19 bits per heavy atom. The normalized spacial score (nSPS) is 10.6. The van der Waals surface area contributed by atoms with Crippen molar-refractivity contribution in [3.63, 3.8) is 0 Å². The molecule has 0 fully saturated rings. The summed E-state index contributed by atoms with van der Waals surface area (Å²) >= 11 is 4.66. The van der Waals surface area contributed by atoms with Crippen LogP contribution in [0, 0.1) is 10.1 Å². The highest BCUT2D eigenvalue weighted by atomic mass is 79.9. The minimum absolute atomic E-state index is 0.0260. The fourth-order valence-electron chi connectivity index (χ4n) is 2.28. The van der Waals surface area contributed by atoms with Gasteiger partial charge in [-0.1, -0.05) is 39.8 Å². The van der Waals surface area contributed by atoms with Gasteiger partial charge in [-0.2, -0.15) is 0 Å². The Balaban J connectivity index is 1.60. The van der Waals surface area contributed by atoms with Crippen LogP contribution < -0.4 is 5.32 Å². The summed E-state index contributed by atoms with van der Waals surface area (Å²) in [5.74, 6) is 0.617. The van der Waals surface area contributed by atoms with Crippen LogP contribution in [-0.2, 0) is 11.8 Å². The zero-order chi connectivity index (χ0) is 19.4. The van der Waals surface area contributed by atoms with Gasteiger partial charge in [0, 0.05) is 34.9 Å². The molecule has 0 radical (unpaired) electrons. The lowest BCUT2D eigenvalue weighted by Gasteiger charge is -2.06.